The van der Waals surface area contributed by atoms with Gasteiger partial charge in [0.05, 0.1) is 5.69 Å². The number of aryl methyl sites for hydroxylation is 1. The number of rotatable bonds is 4. The number of aromatic nitrogens is 2. The Hall–Kier alpha value is -2.18. The summed E-state index contributed by atoms with van der Waals surface area (Å²) in [5.74, 6) is 0.0544. The van der Waals surface area contributed by atoms with E-state index in [-0.39, 0.29) is 5.91 Å². The van der Waals surface area contributed by atoms with Crippen LogP contribution in [0.25, 0.3) is 21.6 Å². The summed E-state index contributed by atoms with van der Waals surface area (Å²) in [6.45, 7) is 6.53. The highest BCUT2D eigenvalue weighted by atomic mass is 32.1. The maximum absolute atomic E-state index is 12.8. The fourth-order valence-corrected chi connectivity index (χ4v) is 4.33. The zero-order chi connectivity index (χ0) is 18.1. The molecule has 1 fully saturated rings. The number of benzene rings is 1. The number of hydrogen-bond acceptors (Lipinski definition) is 4. The molecule has 0 atom stereocenters. The minimum absolute atomic E-state index is 0.0544. The summed E-state index contributed by atoms with van der Waals surface area (Å²) in [7, 11) is 2.09. The van der Waals surface area contributed by atoms with Crippen LogP contribution in [-0.4, -0.2) is 58.5 Å². The Balaban J connectivity index is 1.65. The average molecular weight is 369 g/mol. The van der Waals surface area contributed by atoms with Crippen LogP contribution in [0.15, 0.2) is 35.7 Å². The van der Waals surface area contributed by atoms with Gasteiger partial charge in [-0.3, -0.25) is 4.79 Å². The highest BCUT2D eigenvalue weighted by Gasteiger charge is 2.23. The molecule has 4 rings (SSSR count). The topological polar surface area (TPSA) is 41.4 Å². The van der Waals surface area contributed by atoms with Gasteiger partial charge in [-0.15, -0.1) is 11.3 Å². The second kappa shape index (κ2) is 7.21. The number of para-hydroxylation sites is 1. The zero-order valence-corrected chi connectivity index (χ0v) is 16.1. The van der Waals surface area contributed by atoms with Crippen molar-refractivity contribution in [3.8, 4) is 10.7 Å². The summed E-state index contributed by atoms with van der Waals surface area (Å²) in [5, 5.41) is 4.05. The van der Waals surface area contributed by atoms with Gasteiger partial charge in [0.2, 0.25) is 0 Å². The SMILES string of the molecule is CCCn1c(-c2nc(C(=O)N3CCN(C)CC3)cs2)cc2ccccc21. The van der Waals surface area contributed by atoms with E-state index in [0.717, 1.165) is 49.8 Å². The smallest absolute Gasteiger partial charge is 0.273 e. The Morgan fingerprint density at radius 3 is 2.73 bits per heavy atom. The van der Waals surface area contributed by atoms with E-state index in [1.807, 2.05) is 10.3 Å². The zero-order valence-electron chi connectivity index (χ0n) is 15.3. The van der Waals surface area contributed by atoms with Crippen LogP contribution in [0.1, 0.15) is 23.8 Å². The maximum Gasteiger partial charge on any atom is 0.273 e. The summed E-state index contributed by atoms with van der Waals surface area (Å²) in [6, 6.07) is 10.6. The molecule has 136 valence electrons. The maximum atomic E-state index is 12.8. The molecule has 0 N–H and O–H groups in total. The van der Waals surface area contributed by atoms with Crippen LogP contribution in [-0.2, 0) is 6.54 Å². The number of carbonyl (C=O) groups excluding carboxylic acids is 1. The summed E-state index contributed by atoms with van der Waals surface area (Å²) in [4.78, 5) is 21.7. The fraction of sp³-hybridized carbons (Fsp3) is 0.400. The number of likely N-dealkylation sites (N-methyl/N-ethyl adjacent to an activating group) is 1. The monoisotopic (exact) mass is 368 g/mol. The molecular weight excluding hydrogens is 344 g/mol. The van der Waals surface area contributed by atoms with Gasteiger partial charge in [-0.25, -0.2) is 4.98 Å². The molecule has 1 aliphatic heterocycles. The van der Waals surface area contributed by atoms with Crippen molar-refractivity contribution >= 4 is 28.1 Å². The van der Waals surface area contributed by atoms with Gasteiger partial charge in [0.15, 0.2) is 0 Å². The van der Waals surface area contributed by atoms with Gasteiger partial charge in [-0.2, -0.15) is 0 Å². The first-order chi connectivity index (χ1) is 12.7. The molecular formula is C20H24N4OS. The minimum Gasteiger partial charge on any atom is -0.339 e. The number of amides is 1. The van der Waals surface area contributed by atoms with E-state index in [0.29, 0.717) is 5.69 Å². The van der Waals surface area contributed by atoms with Crippen LogP contribution in [0.3, 0.4) is 0 Å². The Labute approximate surface area is 157 Å². The Bertz CT molecular complexity index is 921. The Morgan fingerprint density at radius 2 is 1.96 bits per heavy atom. The molecule has 26 heavy (non-hydrogen) atoms. The lowest BCUT2D eigenvalue weighted by molar-refractivity contribution is 0.0659. The third kappa shape index (κ3) is 3.15. The number of fused-ring (bicyclic) bond motifs is 1. The van der Waals surface area contributed by atoms with Crippen molar-refractivity contribution < 1.29 is 4.79 Å². The highest BCUT2D eigenvalue weighted by molar-refractivity contribution is 7.13. The second-order valence-corrected chi connectivity index (χ2v) is 7.73. The third-order valence-corrected chi connectivity index (χ3v) is 5.86. The molecule has 0 spiro atoms. The first-order valence-corrected chi connectivity index (χ1v) is 10.1. The Kier molecular flexibility index (Phi) is 4.78. The van der Waals surface area contributed by atoms with Crippen molar-refractivity contribution in [1.29, 1.82) is 0 Å². The predicted octanol–water partition coefficient (Wildman–Crippen LogP) is 3.56. The summed E-state index contributed by atoms with van der Waals surface area (Å²) >= 11 is 1.56. The molecule has 1 aliphatic rings. The molecule has 1 aromatic carbocycles. The van der Waals surface area contributed by atoms with Crippen molar-refractivity contribution in [2.45, 2.75) is 19.9 Å². The molecule has 5 nitrogen and oxygen atoms in total. The molecule has 3 heterocycles. The summed E-state index contributed by atoms with van der Waals surface area (Å²) in [6.07, 6.45) is 1.06. The number of thiazole rings is 1. The lowest BCUT2D eigenvalue weighted by Crippen LogP contribution is -2.47. The molecule has 1 saturated heterocycles. The standard InChI is InChI=1S/C20H24N4OS/c1-3-8-24-17-7-5-4-6-15(17)13-18(24)19-21-16(14-26-19)20(25)23-11-9-22(2)10-12-23/h4-7,13-14H,3,8-12H2,1-2H3. The van der Waals surface area contributed by atoms with E-state index in [2.05, 4.69) is 53.8 Å². The number of carbonyl (C=O) groups is 1. The Morgan fingerprint density at radius 1 is 1.19 bits per heavy atom. The predicted molar refractivity (Wildman–Crippen MR) is 107 cm³/mol. The average Bonchev–Trinajstić information content (AvgIpc) is 3.27. The van der Waals surface area contributed by atoms with E-state index in [4.69, 9.17) is 4.98 Å². The van der Waals surface area contributed by atoms with Crippen LogP contribution in [0.5, 0.6) is 0 Å². The van der Waals surface area contributed by atoms with Crippen molar-refractivity contribution in [1.82, 2.24) is 19.4 Å². The van der Waals surface area contributed by atoms with E-state index < -0.39 is 0 Å². The number of hydrogen-bond donors (Lipinski definition) is 0. The molecule has 0 unspecified atom stereocenters. The van der Waals surface area contributed by atoms with E-state index in [1.165, 1.54) is 10.9 Å². The van der Waals surface area contributed by atoms with Gasteiger partial charge >= 0.3 is 0 Å². The molecule has 6 heteroatoms. The van der Waals surface area contributed by atoms with Gasteiger partial charge in [-0.05, 0) is 25.6 Å². The lowest BCUT2D eigenvalue weighted by Gasteiger charge is -2.31. The molecule has 2 aromatic heterocycles. The number of nitrogens with zero attached hydrogens (tertiary/aromatic N) is 4. The summed E-state index contributed by atoms with van der Waals surface area (Å²) < 4.78 is 2.32. The highest BCUT2D eigenvalue weighted by Crippen LogP contribution is 2.31. The van der Waals surface area contributed by atoms with Gasteiger partial charge in [-0.1, -0.05) is 25.1 Å². The van der Waals surface area contributed by atoms with Gasteiger partial charge < -0.3 is 14.4 Å². The van der Waals surface area contributed by atoms with Crippen LogP contribution in [0, 0.1) is 0 Å². The molecule has 0 aliphatic carbocycles. The first kappa shape index (κ1) is 17.2. The van der Waals surface area contributed by atoms with Crippen molar-refractivity contribution in [2.75, 3.05) is 33.2 Å². The van der Waals surface area contributed by atoms with Crippen LogP contribution < -0.4 is 0 Å². The minimum atomic E-state index is 0.0544. The molecule has 0 bridgehead atoms. The van der Waals surface area contributed by atoms with Crippen LogP contribution in [0.4, 0.5) is 0 Å². The van der Waals surface area contributed by atoms with Crippen molar-refractivity contribution in [3.63, 3.8) is 0 Å². The van der Waals surface area contributed by atoms with Gasteiger partial charge in [0.1, 0.15) is 10.7 Å². The van der Waals surface area contributed by atoms with E-state index >= 15 is 0 Å². The number of piperazine rings is 1. The largest absolute Gasteiger partial charge is 0.339 e. The van der Waals surface area contributed by atoms with Crippen molar-refractivity contribution in [3.05, 3.63) is 41.4 Å². The first-order valence-electron chi connectivity index (χ1n) is 9.19. The molecule has 0 saturated carbocycles. The van der Waals surface area contributed by atoms with Crippen LogP contribution in [0.2, 0.25) is 0 Å². The molecule has 0 radical (unpaired) electrons. The van der Waals surface area contributed by atoms with Crippen LogP contribution >= 0.6 is 11.3 Å². The van der Waals surface area contributed by atoms with Gasteiger partial charge in [0.25, 0.3) is 5.91 Å². The lowest BCUT2D eigenvalue weighted by atomic mass is 10.2. The van der Waals surface area contributed by atoms with Gasteiger partial charge in [0, 0.05) is 49.0 Å². The fourth-order valence-electron chi connectivity index (χ4n) is 3.51. The molecule has 3 aromatic rings. The van der Waals surface area contributed by atoms with E-state index in [9.17, 15) is 4.79 Å². The second-order valence-electron chi connectivity index (χ2n) is 6.87. The quantitative estimate of drug-likeness (QED) is 0.707. The molecule has 1 amide bonds. The van der Waals surface area contributed by atoms with E-state index in [1.54, 1.807) is 11.3 Å². The van der Waals surface area contributed by atoms with Crippen molar-refractivity contribution in [2.24, 2.45) is 0 Å². The normalized spacial score (nSPS) is 15.7. The summed E-state index contributed by atoms with van der Waals surface area (Å²) in [5.41, 5.74) is 2.91. The third-order valence-electron chi connectivity index (χ3n) is 4.99.